The van der Waals surface area contributed by atoms with E-state index in [4.69, 9.17) is 9.84 Å². The van der Waals surface area contributed by atoms with Gasteiger partial charge in [0.15, 0.2) is 0 Å². The molecule has 1 amide bonds. The second kappa shape index (κ2) is 5.89. The first-order valence-corrected chi connectivity index (χ1v) is 5.28. The van der Waals surface area contributed by atoms with E-state index in [1.54, 1.807) is 18.2 Å². The molecule has 0 bridgehead atoms. The molecule has 0 saturated heterocycles. The van der Waals surface area contributed by atoms with Crippen LogP contribution in [0.4, 0.5) is 5.69 Å². The number of aryl methyl sites for hydroxylation is 1. The van der Waals surface area contributed by atoms with Crippen LogP contribution in [0.3, 0.4) is 0 Å². The van der Waals surface area contributed by atoms with Gasteiger partial charge in [0.2, 0.25) is 5.91 Å². The van der Waals surface area contributed by atoms with Gasteiger partial charge in [-0.25, -0.2) is 0 Å². The molecule has 0 aliphatic heterocycles. The summed E-state index contributed by atoms with van der Waals surface area (Å²) in [6, 6.07) is 5.16. The highest BCUT2D eigenvalue weighted by Crippen LogP contribution is 2.21. The Balaban J connectivity index is 2.70. The summed E-state index contributed by atoms with van der Waals surface area (Å²) in [6.07, 6.45) is -0.535. The van der Waals surface area contributed by atoms with Crippen LogP contribution in [0.15, 0.2) is 18.2 Å². The molecule has 92 valence electrons. The highest BCUT2D eigenvalue weighted by Gasteiger charge is 2.08. The number of carboxylic acids is 1. The van der Waals surface area contributed by atoms with Gasteiger partial charge in [0, 0.05) is 5.69 Å². The van der Waals surface area contributed by atoms with Crippen LogP contribution < -0.4 is 10.1 Å². The predicted molar refractivity (Wildman–Crippen MR) is 63.2 cm³/mol. The van der Waals surface area contributed by atoms with Crippen molar-refractivity contribution in [2.24, 2.45) is 0 Å². The molecule has 0 saturated carbocycles. The van der Waals surface area contributed by atoms with E-state index in [0.717, 1.165) is 11.3 Å². The van der Waals surface area contributed by atoms with Gasteiger partial charge in [0.25, 0.3) is 0 Å². The van der Waals surface area contributed by atoms with Gasteiger partial charge in [-0.15, -0.1) is 0 Å². The van der Waals surface area contributed by atoms with Crippen LogP contribution in [0.25, 0.3) is 0 Å². The van der Waals surface area contributed by atoms with Crippen LogP contribution in [-0.2, 0) is 9.59 Å². The smallest absolute Gasteiger partial charge is 0.312 e. The number of hydrogen-bond acceptors (Lipinski definition) is 3. The summed E-state index contributed by atoms with van der Waals surface area (Å²) in [4.78, 5) is 21.5. The zero-order valence-electron chi connectivity index (χ0n) is 9.82. The molecular weight excluding hydrogens is 222 g/mol. The standard InChI is InChI=1S/C12H15NO4/c1-3-17-10-5-4-9(6-8(10)2)13-11(14)7-12(15)16/h4-6H,3,7H2,1-2H3,(H,13,14)(H,15,16). The number of carboxylic acid groups (broad SMARTS) is 1. The Morgan fingerprint density at radius 2 is 2.12 bits per heavy atom. The Kier molecular flexibility index (Phi) is 4.51. The minimum atomic E-state index is -1.15. The lowest BCUT2D eigenvalue weighted by atomic mass is 10.2. The van der Waals surface area contributed by atoms with E-state index in [2.05, 4.69) is 5.32 Å². The lowest BCUT2D eigenvalue weighted by Gasteiger charge is -2.09. The second-order valence-corrected chi connectivity index (χ2v) is 3.53. The number of carbonyl (C=O) groups excluding carboxylic acids is 1. The number of hydrogen-bond donors (Lipinski definition) is 2. The summed E-state index contributed by atoms with van der Waals surface area (Å²) in [6.45, 7) is 4.32. The van der Waals surface area contributed by atoms with Gasteiger partial charge in [-0.1, -0.05) is 0 Å². The quantitative estimate of drug-likeness (QED) is 0.766. The van der Waals surface area contributed by atoms with Crippen LogP contribution in [-0.4, -0.2) is 23.6 Å². The molecule has 1 aromatic rings. The van der Waals surface area contributed by atoms with Gasteiger partial charge in [0.1, 0.15) is 12.2 Å². The van der Waals surface area contributed by atoms with Gasteiger partial charge in [0.05, 0.1) is 6.61 Å². The first-order chi connectivity index (χ1) is 8.02. The Bertz CT molecular complexity index is 429. The minimum absolute atomic E-state index is 0.535. The van der Waals surface area contributed by atoms with Gasteiger partial charge in [-0.2, -0.15) is 0 Å². The van der Waals surface area contributed by atoms with Crippen LogP contribution in [0.5, 0.6) is 5.75 Å². The number of ether oxygens (including phenoxy) is 1. The van der Waals surface area contributed by atoms with Crippen LogP contribution >= 0.6 is 0 Å². The Hall–Kier alpha value is -2.04. The van der Waals surface area contributed by atoms with E-state index < -0.39 is 18.3 Å². The van der Waals surface area contributed by atoms with E-state index >= 15 is 0 Å². The maximum absolute atomic E-state index is 11.2. The van der Waals surface area contributed by atoms with Crippen LogP contribution in [0, 0.1) is 6.92 Å². The number of carbonyl (C=O) groups is 2. The molecule has 17 heavy (non-hydrogen) atoms. The van der Waals surface area contributed by atoms with E-state index in [-0.39, 0.29) is 0 Å². The molecular formula is C12H15NO4. The van der Waals surface area contributed by atoms with E-state index in [1.807, 2.05) is 13.8 Å². The molecule has 0 radical (unpaired) electrons. The normalized spacial score (nSPS) is 9.76. The fourth-order valence-electron chi connectivity index (χ4n) is 1.39. The molecule has 5 heteroatoms. The highest BCUT2D eigenvalue weighted by molar-refractivity contribution is 6.01. The summed E-state index contributed by atoms with van der Waals surface area (Å²) in [5.41, 5.74) is 1.46. The second-order valence-electron chi connectivity index (χ2n) is 3.53. The van der Waals surface area contributed by atoms with Crippen molar-refractivity contribution in [3.63, 3.8) is 0 Å². The number of rotatable bonds is 5. The van der Waals surface area contributed by atoms with Crippen molar-refractivity contribution in [3.05, 3.63) is 23.8 Å². The van der Waals surface area contributed by atoms with Gasteiger partial charge in [-0.3, -0.25) is 9.59 Å². The average molecular weight is 237 g/mol. The third kappa shape index (κ3) is 4.14. The van der Waals surface area contributed by atoms with Crippen molar-refractivity contribution in [1.29, 1.82) is 0 Å². The highest BCUT2D eigenvalue weighted by atomic mass is 16.5. The van der Waals surface area contributed by atoms with Gasteiger partial charge in [-0.05, 0) is 37.6 Å². The summed E-state index contributed by atoms with van der Waals surface area (Å²) >= 11 is 0. The third-order valence-electron chi connectivity index (χ3n) is 2.07. The third-order valence-corrected chi connectivity index (χ3v) is 2.07. The monoisotopic (exact) mass is 237 g/mol. The summed E-state index contributed by atoms with van der Waals surface area (Å²) in [5, 5.41) is 11.0. The van der Waals surface area contributed by atoms with Crippen molar-refractivity contribution in [2.45, 2.75) is 20.3 Å². The van der Waals surface area contributed by atoms with Crippen molar-refractivity contribution in [3.8, 4) is 5.75 Å². The maximum Gasteiger partial charge on any atom is 0.312 e. The van der Waals surface area contributed by atoms with E-state index in [9.17, 15) is 9.59 Å². The number of anilines is 1. The van der Waals surface area contributed by atoms with Crippen LogP contribution in [0.1, 0.15) is 18.9 Å². The molecule has 5 nitrogen and oxygen atoms in total. The summed E-state index contributed by atoms with van der Waals surface area (Å²) in [5.74, 6) is -0.935. The van der Waals surface area contributed by atoms with E-state index in [1.165, 1.54) is 0 Å². The zero-order chi connectivity index (χ0) is 12.8. The molecule has 0 atom stereocenters. The molecule has 2 N–H and O–H groups in total. The Morgan fingerprint density at radius 3 is 2.65 bits per heavy atom. The number of benzene rings is 1. The summed E-state index contributed by atoms with van der Waals surface area (Å²) < 4.78 is 5.35. The Morgan fingerprint density at radius 1 is 1.41 bits per heavy atom. The first kappa shape index (κ1) is 13.0. The molecule has 0 heterocycles. The van der Waals surface area contributed by atoms with Crippen molar-refractivity contribution in [2.75, 3.05) is 11.9 Å². The first-order valence-electron chi connectivity index (χ1n) is 5.28. The number of aliphatic carboxylic acids is 1. The van der Waals surface area contributed by atoms with Crippen molar-refractivity contribution in [1.82, 2.24) is 0 Å². The zero-order valence-corrected chi connectivity index (χ0v) is 9.82. The SMILES string of the molecule is CCOc1ccc(NC(=O)CC(=O)O)cc1C. The lowest BCUT2D eigenvalue weighted by molar-refractivity contribution is -0.139. The molecule has 0 unspecified atom stereocenters. The van der Waals surface area contributed by atoms with E-state index in [0.29, 0.717) is 12.3 Å². The average Bonchev–Trinajstić information content (AvgIpc) is 2.21. The Labute approximate surface area is 99.4 Å². The van der Waals surface area contributed by atoms with Crippen LogP contribution in [0.2, 0.25) is 0 Å². The fourth-order valence-corrected chi connectivity index (χ4v) is 1.39. The van der Waals surface area contributed by atoms with Gasteiger partial charge >= 0.3 is 5.97 Å². The number of amides is 1. The molecule has 0 spiro atoms. The predicted octanol–water partition coefficient (Wildman–Crippen LogP) is 1.81. The molecule has 0 fully saturated rings. The van der Waals surface area contributed by atoms with Crippen molar-refractivity contribution >= 4 is 17.6 Å². The summed E-state index contributed by atoms with van der Waals surface area (Å²) in [7, 11) is 0. The topological polar surface area (TPSA) is 75.6 Å². The minimum Gasteiger partial charge on any atom is -0.494 e. The van der Waals surface area contributed by atoms with Crippen molar-refractivity contribution < 1.29 is 19.4 Å². The molecule has 0 aliphatic carbocycles. The molecule has 1 aromatic carbocycles. The molecule has 0 aromatic heterocycles. The largest absolute Gasteiger partial charge is 0.494 e. The number of nitrogens with one attached hydrogen (secondary N) is 1. The molecule has 1 rings (SSSR count). The van der Waals surface area contributed by atoms with Gasteiger partial charge < -0.3 is 15.2 Å². The lowest BCUT2D eigenvalue weighted by Crippen LogP contribution is -2.15. The maximum atomic E-state index is 11.2. The molecule has 0 aliphatic rings. The fraction of sp³-hybridized carbons (Fsp3) is 0.333.